The van der Waals surface area contributed by atoms with Gasteiger partial charge in [0, 0.05) is 13.1 Å². The molecule has 0 bridgehead atoms. The molecule has 25 heavy (non-hydrogen) atoms. The van der Waals surface area contributed by atoms with Crippen LogP contribution in [-0.4, -0.2) is 12.2 Å². The molecule has 0 fully saturated rings. The van der Waals surface area contributed by atoms with Gasteiger partial charge in [-0.1, -0.05) is 54.6 Å². The molecule has 0 aromatic heterocycles. The van der Waals surface area contributed by atoms with Gasteiger partial charge >= 0.3 is 5.97 Å². The van der Waals surface area contributed by atoms with Gasteiger partial charge in [0.15, 0.2) is 0 Å². The second-order valence-electron chi connectivity index (χ2n) is 5.79. The summed E-state index contributed by atoms with van der Waals surface area (Å²) >= 11 is 0. The zero-order chi connectivity index (χ0) is 17.6. The number of rotatable bonds is 4. The van der Waals surface area contributed by atoms with Crippen LogP contribution in [0.4, 0.5) is 5.69 Å². The first-order valence-electron chi connectivity index (χ1n) is 8.10. The van der Waals surface area contributed by atoms with Gasteiger partial charge in [-0.15, -0.1) is 0 Å². The minimum absolute atomic E-state index is 0.325. The molecular weight excluding hydrogens is 310 g/mol. The van der Waals surface area contributed by atoms with Crippen molar-refractivity contribution in [2.75, 3.05) is 0 Å². The average molecular weight is 329 g/mol. The van der Waals surface area contributed by atoms with Gasteiger partial charge in [0.2, 0.25) is 0 Å². The minimum Gasteiger partial charge on any atom is -0.427 e. The molecule has 0 unspecified atom stereocenters. The first-order chi connectivity index (χ1) is 12.1. The van der Waals surface area contributed by atoms with Crippen LogP contribution in [0, 0.1) is 6.92 Å². The highest BCUT2D eigenvalue weighted by Crippen LogP contribution is 2.24. The van der Waals surface area contributed by atoms with Crippen LogP contribution in [0.1, 0.15) is 18.1 Å². The standard InChI is InChI=1S/C22H19NO2/c1-16-14-21(25-17(2)24)12-13-22(16)23-15-18-8-10-20(11-9-18)19-6-4-3-5-7-19/h3-15H,1-2H3/b23-15+. The van der Waals surface area contributed by atoms with Crippen molar-refractivity contribution in [2.45, 2.75) is 13.8 Å². The molecule has 3 nitrogen and oxygen atoms in total. The van der Waals surface area contributed by atoms with Crippen molar-refractivity contribution < 1.29 is 9.53 Å². The summed E-state index contributed by atoms with van der Waals surface area (Å²) in [5, 5.41) is 0. The molecule has 0 heterocycles. The summed E-state index contributed by atoms with van der Waals surface area (Å²) in [7, 11) is 0. The van der Waals surface area contributed by atoms with Crippen LogP contribution in [-0.2, 0) is 4.79 Å². The van der Waals surface area contributed by atoms with Crippen LogP contribution in [0.25, 0.3) is 11.1 Å². The summed E-state index contributed by atoms with van der Waals surface area (Å²) < 4.78 is 5.08. The molecule has 0 spiro atoms. The van der Waals surface area contributed by atoms with E-state index >= 15 is 0 Å². The molecule has 3 heteroatoms. The van der Waals surface area contributed by atoms with E-state index in [0.29, 0.717) is 5.75 Å². The Hall–Kier alpha value is -3.20. The van der Waals surface area contributed by atoms with E-state index in [-0.39, 0.29) is 5.97 Å². The molecule has 0 atom stereocenters. The normalized spacial score (nSPS) is 10.8. The molecule has 0 radical (unpaired) electrons. The third kappa shape index (κ3) is 4.42. The van der Waals surface area contributed by atoms with Crippen molar-refractivity contribution in [3.05, 3.63) is 83.9 Å². The second-order valence-corrected chi connectivity index (χ2v) is 5.79. The summed E-state index contributed by atoms with van der Waals surface area (Å²) in [5.41, 5.74) is 5.21. The molecule has 0 N–H and O–H groups in total. The van der Waals surface area contributed by atoms with Crippen LogP contribution in [0.15, 0.2) is 77.8 Å². The fourth-order valence-corrected chi connectivity index (χ4v) is 2.54. The summed E-state index contributed by atoms with van der Waals surface area (Å²) in [5.74, 6) is 0.213. The van der Waals surface area contributed by atoms with Gasteiger partial charge in [0.1, 0.15) is 5.75 Å². The van der Waals surface area contributed by atoms with Crippen LogP contribution in [0.3, 0.4) is 0 Å². The van der Waals surface area contributed by atoms with E-state index in [9.17, 15) is 4.79 Å². The summed E-state index contributed by atoms with van der Waals surface area (Å²) in [6.07, 6.45) is 1.84. The Kier molecular flexibility index (Phi) is 5.05. The van der Waals surface area contributed by atoms with Crippen molar-refractivity contribution >= 4 is 17.9 Å². The number of hydrogen-bond donors (Lipinski definition) is 0. The van der Waals surface area contributed by atoms with E-state index in [1.54, 1.807) is 6.07 Å². The predicted molar refractivity (Wildman–Crippen MR) is 102 cm³/mol. The Morgan fingerprint density at radius 2 is 1.60 bits per heavy atom. The van der Waals surface area contributed by atoms with E-state index in [4.69, 9.17) is 4.74 Å². The zero-order valence-corrected chi connectivity index (χ0v) is 14.3. The van der Waals surface area contributed by atoms with Crippen molar-refractivity contribution in [3.8, 4) is 16.9 Å². The van der Waals surface area contributed by atoms with Gasteiger partial charge in [0.05, 0.1) is 5.69 Å². The number of carbonyl (C=O) groups is 1. The van der Waals surface area contributed by atoms with Gasteiger partial charge in [-0.3, -0.25) is 9.79 Å². The smallest absolute Gasteiger partial charge is 0.308 e. The quantitative estimate of drug-likeness (QED) is 0.368. The highest BCUT2D eigenvalue weighted by Gasteiger charge is 2.02. The van der Waals surface area contributed by atoms with Crippen molar-refractivity contribution in [3.63, 3.8) is 0 Å². The van der Waals surface area contributed by atoms with E-state index in [1.807, 2.05) is 55.6 Å². The zero-order valence-electron chi connectivity index (χ0n) is 14.3. The third-order valence-corrected chi connectivity index (χ3v) is 3.80. The lowest BCUT2D eigenvalue weighted by Crippen LogP contribution is -2.01. The van der Waals surface area contributed by atoms with Crippen molar-refractivity contribution in [2.24, 2.45) is 4.99 Å². The molecule has 0 saturated heterocycles. The number of aliphatic imine (C=N–C) groups is 1. The predicted octanol–water partition coefficient (Wildman–Crippen LogP) is 5.34. The maximum atomic E-state index is 11.0. The molecule has 3 aromatic rings. The van der Waals surface area contributed by atoms with E-state index in [1.165, 1.54) is 18.1 Å². The van der Waals surface area contributed by atoms with E-state index in [0.717, 1.165) is 16.8 Å². The number of aryl methyl sites for hydroxylation is 1. The van der Waals surface area contributed by atoms with Gasteiger partial charge in [-0.05, 0) is 47.4 Å². The van der Waals surface area contributed by atoms with Gasteiger partial charge < -0.3 is 4.74 Å². The Balaban J connectivity index is 1.75. The number of esters is 1. The Bertz CT molecular complexity index is 897. The molecule has 124 valence electrons. The lowest BCUT2D eigenvalue weighted by atomic mass is 10.0. The molecule has 0 amide bonds. The Morgan fingerprint density at radius 1 is 0.920 bits per heavy atom. The van der Waals surface area contributed by atoms with Crippen LogP contribution in [0.5, 0.6) is 5.75 Å². The molecule has 0 aliphatic heterocycles. The molecule has 3 aromatic carbocycles. The number of hydrogen-bond acceptors (Lipinski definition) is 3. The molecule has 0 aliphatic rings. The van der Waals surface area contributed by atoms with Crippen LogP contribution < -0.4 is 4.74 Å². The highest BCUT2D eigenvalue weighted by molar-refractivity contribution is 5.83. The third-order valence-electron chi connectivity index (χ3n) is 3.80. The fourth-order valence-electron chi connectivity index (χ4n) is 2.54. The van der Waals surface area contributed by atoms with Crippen LogP contribution in [0.2, 0.25) is 0 Å². The molecule has 0 saturated carbocycles. The number of ether oxygens (including phenoxy) is 1. The monoisotopic (exact) mass is 329 g/mol. The van der Waals surface area contributed by atoms with Crippen molar-refractivity contribution in [1.29, 1.82) is 0 Å². The summed E-state index contributed by atoms with van der Waals surface area (Å²) in [6, 6.07) is 24.0. The average Bonchev–Trinajstić information content (AvgIpc) is 2.62. The van der Waals surface area contributed by atoms with Gasteiger partial charge in [-0.2, -0.15) is 0 Å². The number of nitrogens with zero attached hydrogens (tertiary/aromatic N) is 1. The molecular formula is C22H19NO2. The Labute approximate surface area is 147 Å². The second kappa shape index (κ2) is 7.58. The van der Waals surface area contributed by atoms with Gasteiger partial charge in [-0.25, -0.2) is 0 Å². The maximum Gasteiger partial charge on any atom is 0.308 e. The van der Waals surface area contributed by atoms with Gasteiger partial charge in [0.25, 0.3) is 0 Å². The fraction of sp³-hybridized carbons (Fsp3) is 0.0909. The number of benzene rings is 3. The minimum atomic E-state index is -0.325. The summed E-state index contributed by atoms with van der Waals surface area (Å²) in [6.45, 7) is 3.33. The number of carbonyl (C=O) groups excluding carboxylic acids is 1. The lowest BCUT2D eigenvalue weighted by molar-refractivity contribution is -0.131. The first kappa shape index (κ1) is 16.7. The largest absolute Gasteiger partial charge is 0.427 e. The van der Waals surface area contributed by atoms with E-state index in [2.05, 4.69) is 29.3 Å². The highest BCUT2D eigenvalue weighted by atomic mass is 16.5. The lowest BCUT2D eigenvalue weighted by Gasteiger charge is -2.05. The molecule has 0 aliphatic carbocycles. The first-order valence-corrected chi connectivity index (χ1v) is 8.10. The molecule has 3 rings (SSSR count). The maximum absolute atomic E-state index is 11.0. The van der Waals surface area contributed by atoms with Crippen molar-refractivity contribution in [1.82, 2.24) is 0 Å². The summed E-state index contributed by atoms with van der Waals surface area (Å²) in [4.78, 5) is 15.5. The van der Waals surface area contributed by atoms with E-state index < -0.39 is 0 Å². The SMILES string of the molecule is CC(=O)Oc1ccc(/N=C/c2ccc(-c3ccccc3)cc2)c(C)c1. The van der Waals surface area contributed by atoms with Crippen LogP contribution >= 0.6 is 0 Å². The topological polar surface area (TPSA) is 38.7 Å². The Morgan fingerprint density at radius 3 is 2.24 bits per heavy atom.